The molecule has 0 aliphatic carbocycles. The van der Waals surface area contributed by atoms with E-state index in [1.807, 2.05) is 26.0 Å². The average molecular weight is 358 g/mol. The number of hydrogen-bond donors (Lipinski definition) is 2. The number of benzene rings is 2. The largest absolute Gasteiger partial charge is 0.364 e. The van der Waals surface area contributed by atoms with Crippen LogP contribution in [0.4, 0.5) is 21.8 Å². The molecule has 0 aliphatic rings. The molecule has 3 rings (SSSR count). The lowest BCUT2D eigenvalue weighted by Gasteiger charge is -2.12. The van der Waals surface area contributed by atoms with E-state index in [1.165, 1.54) is 12.3 Å². The second-order valence-corrected chi connectivity index (χ2v) is 6.08. The highest BCUT2D eigenvalue weighted by Crippen LogP contribution is 2.29. The van der Waals surface area contributed by atoms with Crippen LogP contribution in [0.15, 0.2) is 42.6 Å². The number of hydrogen-bond acceptors (Lipinski definition) is 5. The number of nitrogens with one attached hydrogen (secondary N) is 2. The quantitative estimate of drug-likeness (QED) is 0.696. The normalized spacial score (nSPS) is 10.6. The molecule has 2 N–H and O–H groups in total. The molecule has 1 heterocycles. The van der Waals surface area contributed by atoms with Gasteiger partial charge in [-0.25, -0.2) is 4.39 Å². The number of aryl methyl sites for hydroxylation is 2. The molecule has 0 spiro atoms. The van der Waals surface area contributed by atoms with Gasteiger partial charge in [-0.1, -0.05) is 35.9 Å². The first kappa shape index (κ1) is 17.1. The van der Waals surface area contributed by atoms with Crippen LogP contribution in [0.3, 0.4) is 0 Å². The predicted octanol–water partition coefficient (Wildman–Crippen LogP) is 4.64. The van der Waals surface area contributed by atoms with Crippen molar-refractivity contribution < 1.29 is 4.39 Å². The lowest BCUT2D eigenvalue weighted by Crippen LogP contribution is -2.07. The van der Waals surface area contributed by atoms with Gasteiger partial charge in [-0.3, -0.25) is 0 Å². The van der Waals surface area contributed by atoms with Crippen molar-refractivity contribution >= 4 is 29.1 Å². The van der Waals surface area contributed by atoms with E-state index >= 15 is 0 Å². The van der Waals surface area contributed by atoms with Crippen molar-refractivity contribution in [1.82, 2.24) is 15.2 Å². The summed E-state index contributed by atoms with van der Waals surface area (Å²) in [6.45, 7) is 4.23. The summed E-state index contributed by atoms with van der Waals surface area (Å²) in [6, 6.07) is 10.5. The van der Waals surface area contributed by atoms with Crippen LogP contribution < -0.4 is 10.6 Å². The molecule has 25 heavy (non-hydrogen) atoms. The van der Waals surface area contributed by atoms with E-state index in [1.54, 1.807) is 18.2 Å². The summed E-state index contributed by atoms with van der Waals surface area (Å²) >= 11 is 6.29. The fraction of sp³-hybridized carbons (Fsp3) is 0.167. The highest BCUT2D eigenvalue weighted by atomic mass is 35.5. The molecular weight excluding hydrogens is 341 g/mol. The Morgan fingerprint density at radius 1 is 1.16 bits per heavy atom. The summed E-state index contributed by atoms with van der Waals surface area (Å²) in [5.74, 6) is 0.534. The molecule has 0 atom stereocenters. The van der Waals surface area contributed by atoms with E-state index in [-0.39, 0.29) is 5.82 Å². The lowest BCUT2D eigenvalue weighted by atomic mass is 10.1. The number of rotatable bonds is 5. The van der Waals surface area contributed by atoms with Gasteiger partial charge in [0, 0.05) is 12.1 Å². The molecule has 7 heteroatoms. The Morgan fingerprint density at radius 3 is 2.72 bits per heavy atom. The van der Waals surface area contributed by atoms with Crippen molar-refractivity contribution in [2.75, 3.05) is 10.6 Å². The van der Waals surface area contributed by atoms with Gasteiger partial charge in [-0.2, -0.15) is 10.1 Å². The third kappa shape index (κ3) is 4.22. The van der Waals surface area contributed by atoms with E-state index in [4.69, 9.17) is 11.6 Å². The fourth-order valence-electron chi connectivity index (χ4n) is 2.46. The van der Waals surface area contributed by atoms with Gasteiger partial charge in [-0.15, -0.1) is 5.10 Å². The number of halogens is 2. The first-order valence-corrected chi connectivity index (χ1v) is 8.11. The maximum atomic E-state index is 13.7. The van der Waals surface area contributed by atoms with E-state index < -0.39 is 0 Å². The Kier molecular flexibility index (Phi) is 5.09. The second-order valence-electron chi connectivity index (χ2n) is 5.67. The Hall–Kier alpha value is -2.73. The zero-order chi connectivity index (χ0) is 17.8. The summed E-state index contributed by atoms with van der Waals surface area (Å²) in [5.41, 5.74) is 3.35. The summed E-state index contributed by atoms with van der Waals surface area (Å²) in [4.78, 5) is 4.34. The molecular formula is C18H17ClFN5. The Morgan fingerprint density at radius 2 is 1.96 bits per heavy atom. The van der Waals surface area contributed by atoms with Gasteiger partial charge >= 0.3 is 0 Å². The van der Waals surface area contributed by atoms with Gasteiger partial charge < -0.3 is 10.6 Å². The Bertz CT molecular complexity index is 877. The maximum Gasteiger partial charge on any atom is 0.249 e. The Balaban J connectivity index is 1.75. The molecule has 0 bridgehead atoms. The van der Waals surface area contributed by atoms with Gasteiger partial charge in [0.2, 0.25) is 5.95 Å². The van der Waals surface area contributed by atoms with Crippen LogP contribution in [0.5, 0.6) is 0 Å². The van der Waals surface area contributed by atoms with Gasteiger partial charge in [0.05, 0.1) is 16.9 Å². The zero-order valence-electron chi connectivity index (χ0n) is 13.8. The monoisotopic (exact) mass is 357 g/mol. The van der Waals surface area contributed by atoms with Crippen LogP contribution in [0.2, 0.25) is 5.02 Å². The standard InChI is InChI=1S/C18H17ClFN5/c1-11-7-12(2)17(14(19)8-11)24-18-23-16(10-22-25-18)21-9-13-5-3-4-6-15(13)20/h3-8,10H,9H2,1-2H3,(H2,21,23,24,25). The van der Waals surface area contributed by atoms with E-state index in [2.05, 4.69) is 25.8 Å². The summed E-state index contributed by atoms with van der Waals surface area (Å²) < 4.78 is 13.7. The Labute approximate surface area is 150 Å². The van der Waals surface area contributed by atoms with Crippen molar-refractivity contribution in [2.45, 2.75) is 20.4 Å². The molecule has 2 aromatic carbocycles. The van der Waals surface area contributed by atoms with E-state index in [0.717, 1.165) is 16.8 Å². The molecule has 0 saturated carbocycles. The predicted molar refractivity (Wildman–Crippen MR) is 97.8 cm³/mol. The second kappa shape index (κ2) is 7.44. The molecule has 0 unspecified atom stereocenters. The minimum atomic E-state index is -0.266. The van der Waals surface area contributed by atoms with Gasteiger partial charge in [0.15, 0.2) is 5.82 Å². The third-order valence-electron chi connectivity index (χ3n) is 3.65. The van der Waals surface area contributed by atoms with E-state index in [9.17, 15) is 4.39 Å². The first-order chi connectivity index (χ1) is 12.0. The van der Waals surface area contributed by atoms with Crippen molar-refractivity contribution in [3.63, 3.8) is 0 Å². The lowest BCUT2D eigenvalue weighted by molar-refractivity contribution is 0.613. The highest BCUT2D eigenvalue weighted by molar-refractivity contribution is 6.33. The number of aromatic nitrogens is 3. The van der Waals surface area contributed by atoms with E-state index in [0.29, 0.717) is 28.9 Å². The molecule has 0 saturated heterocycles. The number of nitrogens with zero attached hydrogens (tertiary/aromatic N) is 3. The molecule has 0 amide bonds. The third-order valence-corrected chi connectivity index (χ3v) is 3.94. The van der Waals surface area contributed by atoms with Crippen LogP contribution in [0.1, 0.15) is 16.7 Å². The molecule has 0 radical (unpaired) electrons. The molecule has 5 nitrogen and oxygen atoms in total. The maximum absolute atomic E-state index is 13.7. The minimum absolute atomic E-state index is 0.266. The molecule has 3 aromatic rings. The van der Waals surface area contributed by atoms with Gasteiger partial charge in [0.25, 0.3) is 0 Å². The zero-order valence-corrected chi connectivity index (χ0v) is 14.6. The molecule has 1 aromatic heterocycles. The molecule has 0 fully saturated rings. The summed E-state index contributed by atoms with van der Waals surface area (Å²) in [7, 11) is 0. The first-order valence-electron chi connectivity index (χ1n) is 7.73. The number of anilines is 3. The minimum Gasteiger partial charge on any atom is -0.364 e. The topological polar surface area (TPSA) is 62.7 Å². The fourth-order valence-corrected chi connectivity index (χ4v) is 2.82. The van der Waals surface area contributed by atoms with Crippen molar-refractivity contribution in [3.8, 4) is 0 Å². The van der Waals surface area contributed by atoms with Crippen LogP contribution in [-0.2, 0) is 6.54 Å². The van der Waals surface area contributed by atoms with Crippen LogP contribution in [-0.4, -0.2) is 15.2 Å². The highest BCUT2D eigenvalue weighted by Gasteiger charge is 2.09. The van der Waals surface area contributed by atoms with Crippen LogP contribution in [0.25, 0.3) is 0 Å². The van der Waals surface area contributed by atoms with Crippen molar-refractivity contribution in [2.24, 2.45) is 0 Å². The SMILES string of the molecule is Cc1cc(C)c(Nc2nncc(NCc3ccccc3F)n2)c(Cl)c1. The van der Waals surface area contributed by atoms with Crippen molar-refractivity contribution in [1.29, 1.82) is 0 Å². The van der Waals surface area contributed by atoms with Crippen LogP contribution in [0, 0.1) is 19.7 Å². The van der Waals surface area contributed by atoms with Crippen molar-refractivity contribution in [3.05, 3.63) is 70.1 Å². The van der Waals surface area contributed by atoms with Gasteiger partial charge in [-0.05, 0) is 37.1 Å². The summed E-state index contributed by atoms with van der Waals surface area (Å²) in [5, 5.41) is 14.6. The van der Waals surface area contributed by atoms with Crippen LogP contribution >= 0.6 is 11.6 Å². The smallest absolute Gasteiger partial charge is 0.249 e. The molecule has 128 valence electrons. The average Bonchev–Trinajstić information content (AvgIpc) is 2.58. The molecule has 0 aliphatic heterocycles. The summed E-state index contributed by atoms with van der Waals surface area (Å²) in [6.07, 6.45) is 1.48. The van der Waals surface area contributed by atoms with Gasteiger partial charge in [0.1, 0.15) is 5.82 Å².